The molecule has 0 spiro atoms. The van der Waals surface area contributed by atoms with Crippen molar-refractivity contribution in [1.29, 1.82) is 5.26 Å². The maximum Gasteiger partial charge on any atom is 0.148 e. The van der Waals surface area contributed by atoms with Gasteiger partial charge in [0.2, 0.25) is 0 Å². The lowest BCUT2D eigenvalue weighted by molar-refractivity contribution is 0.386. The van der Waals surface area contributed by atoms with Gasteiger partial charge in [-0.05, 0) is 18.6 Å². The second-order valence-corrected chi connectivity index (χ2v) is 4.21. The maximum atomic E-state index is 9.14. The smallest absolute Gasteiger partial charge is 0.148 e. The van der Waals surface area contributed by atoms with Crippen molar-refractivity contribution in [3.8, 4) is 29.1 Å². The van der Waals surface area contributed by atoms with Crippen molar-refractivity contribution < 1.29 is 14.2 Å². The zero-order valence-corrected chi connectivity index (χ0v) is 11.6. The lowest BCUT2D eigenvalue weighted by Crippen LogP contribution is -1.93. The van der Waals surface area contributed by atoms with Crippen LogP contribution in [0.15, 0.2) is 36.4 Å². The van der Waals surface area contributed by atoms with Crippen LogP contribution in [-0.4, -0.2) is 14.2 Å². The Kier molecular flexibility index (Phi) is 4.11. The van der Waals surface area contributed by atoms with Crippen molar-refractivity contribution in [2.45, 2.75) is 6.92 Å². The number of benzene rings is 2. The van der Waals surface area contributed by atoms with E-state index in [1.54, 1.807) is 38.5 Å². The quantitative estimate of drug-likeness (QED) is 0.849. The van der Waals surface area contributed by atoms with Gasteiger partial charge in [0.1, 0.15) is 29.1 Å². The Morgan fingerprint density at radius 2 is 1.55 bits per heavy atom. The molecule has 0 bridgehead atoms. The monoisotopic (exact) mass is 269 g/mol. The van der Waals surface area contributed by atoms with Crippen molar-refractivity contribution in [2.24, 2.45) is 0 Å². The normalized spacial score (nSPS) is 9.70. The molecular formula is C16H15NO3. The molecule has 0 aliphatic rings. The van der Waals surface area contributed by atoms with E-state index in [9.17, 15) is 0 Å². The van der Waals surface area contributed by atoms with Crippen LogP contribution in [-0.2, 0) is 0 Å². The largest absolute Gasteiger partial charge is 0.496 e. The predicted molar refractivity (Wildman–Crippen MR) is 75.5 cm³/mol. The van der Waals surface area contributed by atoms with Gasteiger partial charge in [-0.25, -0.2) is 0 Å². The van der Waals surface area contributed by atoms with Gasteiger partial charge in [0.25, 0.3) is 0 Å². The van der Waals surface area contributed by atoms with Crippen molar-refractivity contribution in [3.63, 3.8) is 0 Å². The highest BCUT2D eigenvalue weighted by atomic mass is 16.5. The first kappa shape index (κ1) is 13.8. The molecule has 0 fully saturated rings. The number of aryl methyl sites for hydroxylation is 1. The summed E-state index contributed by atoms with van der Waals surface area (Å²) in [5, 5.41) is 9.14. The van der Waals surface area contributed by atoms with E-state index in [2.05, 4.69) is 6.07 Å². The number of nitrogens with zero attached hydrogens (tertiary/aromatic N) is 1. The van der Waals surface area contributed by atoms with E-state index in [-0.39, 0.29) is 0 Å². The second kappa shape index (κ2) is 5.98. The molecule has 2 aromatic carbocycles. The highest BCUT2D eigenvalue weighted by Crippen LogP contribution is 2.33. The lowest BCUT2D eigenvalue weighted by atomic mass is 10.1. The molecule has 0 amide bonds. The number of ether oxygens (including phenoxy) is 3. The fourth-order valence-electron chi connectivity index (χ4n) is 1.83. The third kappa shape index (κ3) is 2.83. The Balaban J connectivity index is 2.42. The predicted octanol–water partition coefficient (Wildman–Crippen LogP) is 3.68. The number of nitriles is 1. The summed E-state index contributed by atoms with van der Waals surface area (Å²) in [6.45, 7) is 1.90. The van der Waals surface area contributed by atoms with E-state index in [0.717, 1.165) is 5.56 Å². The molecule has 2 rings (SSSR count). The third-order valence-electron chi connectivity index (χ3n) is 2.88. The Bertz CT molecular complexity index is 637. The van der Waals surface area contributed by atoms with Crippen LogP contribution in [0.2, 0.25) is 0 Å². The van der Waals surface area contributed by atoms with E-state index in [4.69, 9.17) is 19.5 Å². The number of hydrogen-bond donors (Lipinski definition) is 0. The Labute approximate surface area is 118 Å². The molecule has 0 atom stereocenters. The lowest BCUT2D eigenvalue weighted by Gasteiger charge is -2.12. The first-order valence-corrected chi connectivity index (χ1v) is 6.08. The minimum absolute atomic E-state index is 0.492. The minimum atomic E-state index is 0.492. The average molecular weight is 269 g/mol. The fourth-order valence-corrected chi connectivity index (χ4v) is 1.83. The van der Waals surface area contributed by atoms with Crippen molar-refractivity contribution >= 4 is 0 Å². The van der Waals surface area contributed by atoms with E-state index >= 15 is 0 Å². The summed E-state index contributed by atoms with van der Waals surface area (Å²) in [6.07, 6.45) is 0. The van der Waals surface area contributed by atoms with Crippen LogP contribution in [0.1, 0.15) is 11.1 Å². The fraction of sp³-hybridized carbons (Fsp3) is 0.188. The standard InChI is InChI=1S/C16H15NO3/c1-11-5-4-6-12(10-17)16(11)20-15-8-13(18-2)7-14(9-15)19-3/h4-9H,1-3H3. The first-order valence-electron chi connectivity index (χ1n) is 6.08. The molecule has 0 saturated heterocycles. The van der Waals surface area contributed by atoms with Gasteiger partial charge >= 0.3 is 0 Å². The van der Waals surface area contributed by atoms with Crippen LogP contribution in [0.4, 0.5) is 0 Å². The Morgan fingerprint density at radius 1 is 0.950 bits per heavy atom. The van der Waals surface area contributed by atoms with Crippen molar-refractivity contribution in [2.75, 3.05) is 14.2 Å². The van der Waals surface area contributed by atoms with Gasteiger partial charge in [-0.1, -0.05) is 12.1 Å². The van der Waals surface area contributed by atoms with Crippen LogP contribution in [0.5, 0.6) is 23.0 Å². The van der Waals surface area contributed by atoms with Crippen molar-refractivity contribution in [1.82, 2.24) is 0 Å². The average Bonchev–Trinajstić information content (AvgIpc) is 2.48. The number of rotatable bonds is 4. The van der Waals surface area contributed by atoms with Gasteiger partial charge in [-0.2, -0.15) is 5.26 Å². The first-order chi connectivity index (χ1) is 9.67. The Morgan fingerprint density at radius 3 is 2.10 bits per heavy atom. The number of para-hydroxylation sites is 1. The van der Waals surface area contributed by atoms with Crippen LogP contribution < -0.4 is 14.2 Å². The van der Waals surface area contributed by atoms with Crippen LogP contribution in [0, 0.1) is 18.3 Å². The van der Waals surface area contributed by atoms with Gasteiger partial charge < -0.3 is 14.2 Å². The highest BCUT2D eigenvalue weighted by Gasteiger charge is 2.10. The second-order valence-electron chi connectivity index (χ2n) is 4.21. The van der Waals surface area contributed by atoms with E-state index in [1.807, 2.05) is 19.1 Å². The Hall–Kier alpha value is -2.67. The summed E-state index contributed by atoms with van der Waals surface area (Å²) in [6, 6.07) is 12.8. The molecule has 102 valence electrons. The van der Waals surface area contributed by atoms with Gasteiger partial charge in [0.15, 0.2) is 0 Å². The molecule has 2 aromatic rings. The summed E-state index contributed by atoms with van der Waals surface area (Å²) in [7, 11) is 3.15. The zero-order valence-electron chi connectivity index (χ0n) is 11.6. The molecule has 0 unspecified atom stereocenters. The summed E-state index contributed by atoms with van der Waals surface area (Å²) < 4.78 is 16.2. The summed E-state index contributed by atoms with van der Waals surface area (Å²) in [4.78, 5) is 0. The van der Waals surface area contributed by atoms with Crippen molar-refractivity contribution in [3.05, 3.63) is 47.5 Å². The van der Waals surface area contributed by atoms with E-state index in [0.29, 0.717) is 28.6 Å². The van der Waals surface area contributed by atoms with E-state index in [1.165, 1.54) is 0 Å². The third-order valence-corrected chi connectivity index (χ3v) is 2.88. The molecule has 0 aliphatic heterocycles. The van der Waals surface area contributed by atoms with Gasteiger partial charge in [-0.3, -0.25) is 0 Å². The molecule has 0 N–H and O–H groups in total. The van der Waals surface area contributed by atoms with Gasteiger partial charge in [0, 0.05) is 18.2 Å². The summed E-state index contributed by atoms with van der Waals surface area (Å²) in [5.74, 6) is 2.37. The molecular weight excluding hydrogens is 254 g/mol. The molecule has 0 radical (unpaired) electrons. The molecule has 0 heterocycles. The van der Waals surface area contributed by atoms with Gasteiger partial charge in [-0.15, -0.1) is 0 Å². The maximum absolute atomic E-state index is 9.14. The number of hydrogen-bond acceptors (Lipinski definition) is 4. The minimum Gasteiger partial charge on any atom is -0.496 e. The molecule has 20 heavy (non-hydrogen) atoms. The van der Waals surface area contributed by atoms with E-state index < -0.39 is 0 Å². The molecule has 0 aromatic heterocycles. The topological polar surface area (TPSA) is 51.5 Å². The zero-order chi connectivity index (χ0) is 14.5. The van der Waals surface area contributed by atoms with Crippen LogP contribution >= 0.6 is 0 Å². The number of methoxy groups -OCH3 is 2. The van der Waals surface area contributed by atoms with Crippen LogP contribution in [0.3, 0.4) is 0 Å². The molecule has 0 saturated carbocycles. The molecule has 4 heteroatoms. The summed E-state index contributed by atoms with van der Waals surface area (Å²) >= 11 is 0. The highest BCUT2D eigenvalue weighted by molar-refractivity contribution is 5.51. The summed E-state index contributed by atoms with van der Waals surface area (Å²) in [5.41, 5.74) is 1.39. The van der Waals surface area contributed by atoms with Crippen LogP contribution in [0.25, 0.3) is 0 Å². The molecule has 4 nitrogen and oxygen atoms in total. The van der Waals surface area contributed by atoms with Gasteiger partial charge in [0.05, 0.1) is 19.8 Å². The molecule has 0 aliphatic carbocycles. The SMILES string of the molecule is COc1cc(OC)cc(Oc2c(C)cccc2C#N)c1.